The number of allylic oxidation sites excluding steroid dienone is 1. The van der Waals surface area contributed by atoms with Crippen LogP contribution in [-0.4, -0.2) is 28.9 Å². The summed E-state index contributed by atoms with van der Waals surface area (Å²) in [5, 5.41) is 8.68. The Morgan fingerprint density at radius 2 is 1.73 bits per heavy atom. The van der Waals surface area contributed by atoms with Crippen LogP contribution < -0.4 is 10.2 Å². The largest absolute Gasteiger partial charge is 0.378 e. The van der Waals surface area contributed by atoms with E-state index in [1.54, 1.807) is 0 Å². The molecule has 2 heterocycles. The summed E-state index contributed by atoms with van der Waals surface area (Å²) < 4.78 is 1.93. The maximum Gasteiger partial charge on any atom is 0.226 e. The van der Waals surface area contributed by atoms with Crippen LogP contribution in [0.5, 0.6) is 0 Å². The summed E-state index contributed by atoms with van der Waals surface area (Å²) in [6, 6.07) is 16.3. The minimum absolute atomic E-state index is 0.0191. The molecular weight excluding hydrogens is 346 g/mol. The molecule has 1 aliphatic rings. The molecule has 132 valence electrons. The van der Waals surface area contributed by atoms with E-state index >= 15 is 0 Å². The summed E-state index contributed by atoms with van der Waals surface area (Å²) in [4.78, 5) is 6.62. The van der Waals surface area contributed by atoms with Crippen molar-refractivity contribution in [1.82, 2.24) is 14.8 Å². The summed E-state index contributed by atoms with van der Waals surface area (Å²) in [7, 11) is 4.08. The zero-order valence-corrected chi connectivity index (χ0v) is 15.7. The third-order valence-corrected chi connectivity index (χ3v) is 4.73. The normalized spacial score (nSPS) is 15.8. The van der Waals surface area contributed by atoms with E-state index in [0.717, 1.165) is 33.6 Å². The molecule has 3 aromatic rings. The Labute approximate surface area is 157 Å². The van der Waals surface area contributed by atoms with Gasteiger partial charge in [-0.1, -0.05) is 35.9 Å². The fraction of sp³-hybridized carbons (Fsp3) is 0.200. The maximum atomic E-state index is 6.03. The van der Waals surface area contributed by atoms with Crippen molar-refractivity contribution < 1.29 is 0 Å². The number of nitrogens with one attached hydrogen (secondary N) is 1. The Morgan fingerprint density at radius 3 is 2.38 bits per heavy atom. The Hall–Kier alpha value is -2.79. The highest BCUT2D eigenvalue weighted by molar-refractivity contribution is 6.30. The zero-order valence-electron chi connectivity index (χ0n) is 14.9. The summed E-state index contributed by atoms with van der Waals surface area (Å²) in [5.41, 5.74) is 4.40. The average Bonchev–Trinajstić information content (AvgIpc) is 3.01. The molecule has 0 amide bonds. The van der Waals surface area contributed by atoms with Crippen molar-refractivity contribution in [2.24, 2.45) is 0 Å². The molecular formula is C20H20ClN5. The summed E-state index contributed by atoms with van der Waals surface area (Å²) >= 11 is 6.03. The van der Waals surface area contributed by atoms with Gasteiger partial charge in [0.15, 0.2) is 0 Å². The molecule has 0 fully saturated rings. The van der Waals surface area contributed by atoms with Gasteiger partial charge in [-0.3, -0.25) is 0 Å². The first kappa shape index (κ1) is 16.7. The molecule has 2 aromatic carbocycles. The van der Waals surface area contributed by atoms with Gasteiger partial charge in [-0.2, -0.15) is 10.1 Å². The maximum absolute atomic E-state index is 6.03. The third kappa shape index (κ3) is 3.06. The Bertz CT molecular complexity index is 955. The van der Waals surface area contributed by atoms with Crippen LogP contribution >= 0.6 is 11.6 Å². The standard InChI is InChI=1S/C20H20ClN5/c1-13-22-20-23-18(14-4-8-16(21)9-5-14)12-19(26(20)24-13)15-6-10-17(11-7-15)25(2)3/h4-12,19H,1-3H3,(H,22,23,24)/t19-/m0/s1. The van der Waals surface area contributed by atoms with Gasteiger partial charge in [-0.15, -0.1) is 0 Å². The number of halogens is 1. The van der Waals surface area contributed by atoms with Crippen LogP contribution in [0.2, 0.25) is 5.02 Å². The molecule has 0 saturated carbocycles. The van der Waals surface area contributed by atoms with Crippen LogP contribution in [0, 0.1) is 6.92 Å². The van der Waals surface area contributed by atoms with Crippen molar-refractivity contribution in [3.05, 3.63) is 76.6 Å². The first-order valence-corrected chi connectivity index (χ1v) is 8.84. The van der Waals surface area contributed by atoms with Crippen molar-refractivity contribution in [2.45, 2.75) is 13.0 Å². The third-order valence-electron chi connectivity index (χ3n) is 4.48. The molecule has 26 heavy (non-hydrogen) atoms. The van der Waals surface area contributed by atoms with Crippen LogP contribution in [0.15, 0.2) is 54.6 Å². The second-order valence-corrected chi connectivity index (χ2v) is 7.01. The lowest BCUT2D eigenvalue weighted by Crippen LogP contribution is -2.20. The number of aryl methyl sites for hydroxylation is 1. The van der Waals surface area contributed by atoms with Crippen LogP contribution in [-0.2, 0) is 0 Å². The number of fused-ring (bicyclic) bond motifs is 1. The van der Waals surface area contributed by atoms with Gasteiger partial charge in [0, 0.05) is 30.5 Å². The summed E-state index contributed by atoms with van der Waals surface area (Å²) in [5.74, 6) is 1.49. The molecule has 6 heteroatoms. The number of benzene rings is 2. The van der Waals surface area contributed by atoms with Crippen molar-refractivity contribution >= 4 is 28.9 Å². The zero-order chi connectivity index (χ0) is 18.3. The van der Waals surface area contributed by atoms with Crippen LogP contribution in [0.1, 0.15) is 23.0 Å². The van der Waals surface area contributed by atoms with Gasteiger partial charge in [-0.05, 0) is 48.4 Å². The molecule has 1 N–H and O–H groups in total. The van der Waals surface area contributed by atoms with Gasteiger partial charge < -0.3 is 10.2 Å². The van der Waals surface area contributed by atoms with Crippen molar-refractivity contribution in [1.29, 1.82) is 0 Å². The van der Waals surface area contributed by atoms with Crippen LogP contribution in [0.3, 0.4) is 0 Å². The molecule has 0 unspecified atom stereocenters. The van der Waals surface area contributed by atoms with Gasteiger partial charge in [0.2, 0.25) is 5.95 Å². The summed E-state index contributed by atoms with van der Waals surface area (Å²) in [6.45, 7) is 1.90. The second kappa shape index (κ2) is 6.50. The molecule has 5 nitrogen and oxygen atoms in total. The molecule has 4 rings (SSSR count). The van der Waals surface area contributed by atoms with E-state index in [1.165, 1.54) is 5.69 Å². The van der Waals surface area contributed by atoms with Crippen molar-refractivity contribution in [3.8, 4) is 0 Å². The highest BCUT2D eigenvalue weighted by Crippen LogP contribution is 2.33. The molecule has 0 aliphatic carbocycles. The first-order valence-electron chi connectivity index (χ1n) is 8.46. The molecule has 1 atom stereocenters. The number of rotatable bonds is 3. The van der Waals surface area contributed by atoms with Gasteiger partial charge in [0.1, 0.15) is 11.9 Å². The van der Waals surface area contributed by atoms with E-state index in [-0.39, 0.29) is 6.04 Å². The van der Waals surface area contributed by atoms with E-state index in [1.807, 2.05) is 50.0 Å². The highest BCUT2D eigenvalue weighted by atomic mass is 35.5. The molecule has 0 saturated heterocycles. The van der Waals surface area contributed by atoms with Crippen molar-refractivity contribution in [3.63, 3.8) is 0 Å². The lowest BCUT2D eigenvalue weighted by Gasteiger charge is -2.25. The monoisotopic (exact) mass is 365 g/mol. The smallest absolute Gasteiger partial charge is 0.226 e. The van der Waals surface area contributed by atoms with E-state index in [4.69, 9.17) is 11.6 Å². The predicted octanol–water partition coefficient (Wildman–Crippen LogP) is 4.36. The van der Waals surface area contributed by atoms with Gasteiger partial charge in [-0.25, -0.2) is 4.68 Å². The predicted molar refractivity (Wildman–Crippen MR) is 107 cm³/mol. The van der Waals surface area contributed by atoms with Crippen molar-refractivity contribution in [2.75, 3.05) is 24.3 Å². The van der Waals surface area contributed by atoms with E-state index in [0.29, 0.717) is 0 Å². The fourth-order valence-corrected chi connectivity index (χ4v) is 3.23. The number of nitrogens with zero attached hydrogens (tertiary/aromatic N) is 4. The number of aromatic nitrogens is 3. The minimum Gasteiger partial charge on any atom is -0.378 e. The molecule has 0 radical (unpaired) electrons. The lowest BCUT2D eigenvalue weighted by atomic mass is 10.0. The molecule has 1 aromatic heterocycles. The number of anilines is 2. The molecule has 0 spiro atoms. The first-order chi connectivity index (χ1) is 12.5. The van der Waals surface area contributed by atoms with E-state index in [2.05, 4.69) is 50.6 Å². The van der Waals surface area contributed by atoms with E-state index < -0.39 is 0 Å². The van der Waals surface area contributed by atoms with E-state index in [9.17, 15) is 0 Å². The van der Waals surface area contributed by atoms with Gasteiger partial charge in [0.05, 0.1) is 0 Å². The second-order valence-electron chi connectivity index (χ2n) is 6.57. The van der Waals surface area contributed by atoms with Gasteiger partial charge >= 0.3 is 0 Å². The van der Waals surface area contributed by atoms with Gasteiger partial charge in [0.25, 0.3) is 0 Å². The SMILES string of the molecule is Cc1nc2n(n1)[C@H](c1ccc(N(C)C)cc1)C=C(c1ccc(Cl)cc1)N2. The number of hydrogen-bond donors (Lipinski definition) is 1. The Kier molecular flexibility index (Phi) is 4.17. The average molecular weight is 366 g/mol. The topological polar surface area (TPSA) is 46.0 Å². The summed E-state index contributed by atoms with van der Waals surface area (Å²) in [6.07, 6.45) is 2.18. The quantitative estimate of drug-likeness (QED) is 0.749. The molecule has 0 bridgehead atoms. The molecule has 1 aliphatic heterocycles. The lowest BCUT2D eigenvalue weighted by molar-refractivity contribution is 0.607. The van der Waals surface area contributed by atoms with Crippen LogP contribution in [0.4, 0.5) is 11.6 Å². The fourth-order valence-electron chi connectivity index (χ4n) is 3.10. The Balaban J connectivity index is 1.78. The van der Waals surface area contributed by atoms with Crippen LogP contribution in [0.25, 0.3) is 5.70 Å². The highest BCUT2D eigenvalue weighted by Gasteiger charge is 2.24. The Morgan fingerprint density at radius 1 is 1.04 bits per heavy atom. The number of hydrogen-bond acceptors (Lipinski definition) is 4. The minimum atomic E-state index is -0.0191.